The topological polar surface area (TPSA) is 20.3 Å². The zero-order valence-electron chi connectivity index (χ0n) is 12.1. The zero-order chi connectivity index (χ0) is 13.1. The molecule has 0 rings (SSSR count). The van der Waals surface area contributed by atoms with Crippen LogP contribution in [-0.2, 0) is 4.57 Å². The Kier molecular flexibility index (Phi) is 9.63. The third kappa shape index (κ3) is 7.65. The first-order valence-electron chi connectivity index (χ1n) is 7.13. The van der Waals surface area contributed by atoms with E-state index in [4.69, 9.17) is 0 Å². The molecule has 0 radical (unpaired) electrons. The minimum atomic E-state index is -2.05. The summed E-state index contributed by atoms with van der Waals surface area (Å²) in [6.45, 7) is 10.6. The maximum absolute atomic E-state index is 12.8. The first-order chi connectivity index (χ1) is 8.11. The van der Waals surface area contributed by atoms with Gasteiger partial charge < -0.3 is 9.46 Å². The molecule has 17 heavy (non-hydrogen) atoms. The van der Waals surface area contributed by atoms with E-state index < -0.39 is 7.14 Å². The molecule has 0 amide bonds. The van der Waals surface area contributed by atoms with Gasteiger partial charge >= 0.3 is 0 Å². The summed E-state index contributed by atoms with van der Waals surface area (Å²) in [4.78, 5) is 2.21. The van der Waals surface area contributed by atoms with Crippen LogP contribution >= 0.6 is 7.14 Å². The number of hydrogen-bond acceptors (Lipinski definition) is 2. The highest BCUT2D eigenvalue weighted by Crippen LogP contribution is 2.49. The van der Waals surface area contributed by atoms with Crippen molar-refractivity contribution in [1.82, 2.24) is 4.90 Å². The van der Waals surface area contributed by atoms with Gasteiger partial charge in [0.15, 0.2) is 0 Å². The smallest absolute Gasteiger partial charge is 0.110 e. The largest absolute Gasteiger partial charge is 0.378 e. The van der Waals surface area contributed by atoms with Crippen molar-refractivity contribution in [3.05, 3.63) is 12.0 Å². The summed E-state index contributed by atoms with van der Waals surface area (Å²) >= 11 is 0. The standard InChI is InChI=1S/C14H30NOP/c1-5-9-12-17(16,13-10-6-2)14-11-15(7-3)8-4/h11,14H,5-10,12-13H2,1-4H3/b14-11+. The van der Waals surface area contributed by atoms with Gasteiger partial charge in [-0.3, -0.25) is 0 Å². The molecule has 0 unspecified atom stereocenters. The van der Waals surface area contributed by atoms with E-state index in [1.165, 1.54) is 0 Å². The lowest BCUT2D eigenvalue weighted by atomic mass is 10.4. The van der Waals surface area contributed by atoms with Crippen LogP contribution in [0.5, 0.6) is 0 Å². The molecule has 3 heteroatoms. The summed E-state index contributed by atoms with van der Waals surface area (Å²) < 4.78 is 12.8. The Hall–Kier alpha value is -0.230. The zero-order valence-corrected chi connectivity index (χ0v) is 13.0. The maximum atomic E-state index is 12.8. The van der Waals surface area contributed by atoms with Crippen molar-refractivity contribution in [2.45, 2.75) is 53.4 Å². The lowest BCUT2D eigenvalue weighted by Gasteiger charge is -2.18. The second-order valence-electron chi connectivity index (χ2n) is 4.63. The molecule has 0 aromatic heterocycles. The predicted octanol–water partition coefficient (Wildman–Crippen LogP) is 4.76. The maximum Gasteiger partial charge on any atom is 0.110 e. The Morgan fingerprint density at radius 3 is 1.76 bits per heavy atom. The fourth-order valence-corrected chi connectivity index (χ4v) is 4.42. The van der Waals surface area contributed by atoms with Gasteiger partial charge in [0.25, 0.3) is 0 Å². The van der Waals surface area contributed by atoms with Crippen LogP contribution in [0.25, 0.3) is 0 Å². The Bertz CT molecular complexity index is 235. The molecule has 0 saturated carbocycles. The molecule has 0 aliphatic carbocycles. The van der Waals surface area contributed by atoms with Crippen LogP contribution in [0.4, 0.5) is 0 Å². The van der Waals surface area contributed by atoms with E-state index in [9.17, 15) is 4.57 Å². The van der Waals surface area contributed by atoms with Crippen molar-refractivity contribution in [2.75, 3.05) is 25.4 Å². The van der Waals surface area contributed by atoms with Crippen LogP contribution in [0.15, 0.2) is 12.0 Å². The molecule has 0 bridgehead atoms. The second kappa shape index (κ2) is 9.76. The first kappa shape index (κ1) is 16.8. The van der Waals surface area contributed by atoms with E-state index in [-0.39, 0.29) is 0 Å². The van der Waals surface area contributed by atoms with E-state index in [1.54, 1.807) is 0 Å². The SMILES string of the molecule is CCCCP(=O)(/C=C/N(CC)CC)CCCC. The molecular weight excluding hydrogens is 229 g/mol. The van der Waals surface area contributed by atoms with Gasteiger partial charge in [-0.1, -0.05) is 26.7 Å². The van der Waals surface area contributed by atoms with Gasteiger partial charge in [0.05, 0.1) is 0 Å². The summed E-state index contributed by atoms with van der Waals surface area (Å²) in [6.07, 6.45) is 8.28. The van der Waals surface area contributed by atoms with Gasteiger partial charge in [-0.15, -0.1) is 0 Å². The summed E-state index contributed by atoms with van der Waals surface area (Å²) in [6, 6.07) is 0. The normalized spacial score (nSPS) is 12.2. The van der Waals surface area contributed by atoms with Gasteiger partial charge in [0.1, 0.15) is 7.14 Å². The van der Waals surface area contributed by atoms with E-state index in [1.807, 2.05) is 5.82 Å². The second-order valence-corrected chi connectivity index (χ2v) is 7.72. The average Bonchev–Trinajstić information content (AvgIpc) is 2.35. The molecule has 0 aromatic rings. The van der Waals surface area contributed by atoms with Gasteiger partial charge in [0, 0.05) is 31.6 Å². The van der Waals surface area contributed by atoms with Gasteiger partial charge in [-0.25, -0.2) is 0 Å². The number of rotatable bonds is 10. The van der Waals surface area contributed by atoms with Gasteiger partial charge in [-0.2, -0.15) is 0 Å². The van der Waals surface area contributed by atoms with Crippen LogP contribution < -0.4 is 0 Å². The Morgan fingerprint density at radius 2 is 1.41 bits per heavy atom. The Labute approximate surface area is 108 Å². The third-order valence-corrected chi connectivity index (χ3v) is 5.97. The number of unbranched alkanes of at least 4 members (excludes halogenated alkanes) is 2. The third-order valence-electron chi connectivity index (χ3n) is 3.14. The van der Waals surface area contributed by atoms with E-state index >= 15 is 0 Å². The van der Waals surface area contributed by atoms with Crippen molar-refractivity contribution >= 4 is 7.14 Å². The Balaban J connectivity index is 4.50. The predicted molar refractivity (Wildman–Crippen MR) is 79.2 cm³/mol. The van der Waals surface area contributed by atoms with Crippen molar-refractivity contribution in [1.29, 1.82) is 0 Å². The molecule has 0 fully saturated rings. The average molecular weight is 259 g/mol. The molecule has 0 aliphatic heterocycles. The fourth-order valence-electron chi connectivity index (χ4n) is 1.76. The molecule has 0 spiro atoms. The quantitative estimate of drug-likeness (QED) is 0.527. The lowest BCUT2D eigenvalue weighted by molar-refractivity contribution is 0.419. The van der Waals surface area contributed by atoms with Crippen LogP contribution in [-0.4, -0.2) is 30.3 Å². The highest BCUT2D eigenvalue weighted by atomic mass is 31.2. The lowest BCUT2D eigenvalue weighted by Crippen LogP contribution is -2.15. The van der Waals surface area contributed by atoms with Gasteiger partial charge in [-0.05, 0) is 32.5 Å². The van der Waals surface area contributed by atoms with E-state index in [0.29, 0.717) is 0 Å². The van der Waals surface area contributed by atoms with Crippen molar-refractivity contribution in [2.24, 2.45) is 0 Å². The number of nitrogens with zero attached hydrogens (tertiary/aromatic N) is 1. The molecule has 0 N–H and O–H groups in total. The molecule has 0 atom stereocenters. The van der Waals surface area contributed by atoms with Crippen molar-refractivity contribution in [3.63, 3.8) is 0 Å². The van der Waals surface area contributed by atoms with Gasteiger partial charge in [0.2, 0.25) is 0 Å². The summed E-state index contributed by atoms with van der Waals surface area (Å²) in [5.74, 6) is 2.02. The van der Waals surface area contributed by atoms with Crippen LogP contribution in [0, 0.1) is 0 Å². The molecule has 0 heterocycles. The molecule has 2 nitrogen and oxygen atoms in total. The molecule has 0 aromatic carbocycles. The fraction of sp³-hybridized carbons (Fsp3) is 0.857. The van der Waals surface area contributed by atoms with Crippen LogP contribution in [0.2, 0.25) is 0 Å². The summed E-state index contributed by atoms with van der Waals surface area (Å²) in [5, 5.41) is 0. The van der Waals surface area contributed by atoms with Crippen molar-refractivity contribution < 1.29 is 4.57 Å². The molecule has 102 valence electrons. The molecular formula is C14H30NOP. The molecule has 0 aliphatic rings. The number of hydrogen-bond donors (Lipinski definition) is 0. The first-order valence-corrected chi connectivity index (χ1v) is 9.27. The van der Waals surface area contributed by atoms with Crippen LogP contribution in [0.1, 0.15) is 53.4 Å². The van der Waals surface area contributed by atoms with E-state index in [2.05, 4.69) is 38.8 Å². The molecule has 0 saturated heterocycles. The summed E-state index contributed by atoms with van der Waals surface area (Å²) in [7, 11) is -2.05. The Morgan fingerprint density at radius 1 is 0.941 bits per heavy atom. The minimum Gasteiger partial charge on any atom is -0.378 e. The minimum absolute atomic E-state index is 0.890. The highest BCUT2D eigenvalue weighted by Gasteiger charge is 2.17. The van der Waals surface area contributed by atoms with Crippen molar-refractivity contribution in [3.8, 4) is 0 Å². The van der Waals surface area contributed by atoms with E-state index in [0.717, 1.165) is 51.1 Å². The van der Waals surface area contributed by atoms with Crippen LogP contribution in [0.3, 0.4) is 0 Å². The summed E-state index contributed by atoms with van der Waals surface area (Å²) in [5.41, 5.74) is 0. The highest BCUT2D eigenvalue weighted by molar-refractivity contribution is 7.67. The monoisotopic (exact) mass is 259 g/mol.